The van der Waals surface area contributed by atoms with Gasteiger partial charge in [0.25, 0.3) is 11.7 Å². The number of aryl methyl sites for hydroxylation is 2. The first-order valence-electron chi connectivity index (χ1n) is 12.1. The first kappa shape index (κ1) is 25.2. The van der Waals surface area contributed by atoms with Gasteiger partial charge in [-0.2, -0.15) is 0 Å². The van der Waals surface area contributed by atoms with E-state index in [0.717, 1.165) is 28.7 Å². The van der Waals surface area contributed by atoms with Crippen LogP contribution in [-0.4, -0.2) is 42.0 Å². The summed E-state index contributed by atoms with van der Waals surface area (Å²) >= 11 is 0. The predicted molar refractivity (Wildman–Crippen MR) is 139 cm³/mol. The number of ketones is 1. The summed E-state index contributed by atoms with van der Waals surface area (Å²) in [4.78, 5) is 27.5. The average molecular weight is 486 g/mol. The van der Waals surface area contributed by atoms with E-state index in [1.807, 2.05) is 49.4 Å². The molecule has 1 saturated heterocycles. The molecule has 1 unspecified atom stereocenters. The van der Waals surface area contributed by atoms with Crippen LogP contribution in [0.1, 0.15) is 40.8 Å². The molecule has 0 spiro atoms. The Balaban J connectivity index is 1.64. The van der Waals surface area contributed by atoms with Crippen molar-refractivity contribution in [3.63, 3.8) is 0 Å². The lowest BCUT2D eigenvalue weighted by molar-refractivity contribution is -0.140. The van der Waals surface area contributed by atoms with Gasteiger partial charge in [0, 0.05) is 19.2 Å². The molecule has 1 aliphatic heterocycles. The number of methoxy groups -OCH3 is 1. The van der Waals surface area contributed by atoms with Crippen molar-refractivity contribution in [3.8, 4) is 5.75 Å². The summed E-state index contributed by atoms with van der Waals surface area (Å²) in [6.07, 6.45) is 0.877. The zero-order valence-corrected chi connectivity index (χ0v) is 20.9. The molecule has 1 atom stereocenters. The molecule has 1 N–H and O–H groups in total. The van der Waals surface area contributed by atoms with Crippen molar-refractivity contribution < 1.29 is 24.2 Å². The molecule has 4 rings (SSSR count). The lowest BCUT2D eigenvalue weighted by atomic mass is 9.94. The van der Waals surface area contributed by atoms with E-state index in [1.165, 1.54) is 4.90 Å². The number of carbonyl (C=O) groups excluding carboxylic acids is 2. The van der Waals surface area contributed by atoms with Crippen molar-refractivity contribution >= 4 is 17.4 Å². The standard InChI is InChI=1S/C30H31NO5/c1-4-21-8-10-23(11-9-21)27-26(29(33)30(34)31(27)16-17-35-3)28(32)24-12-14-25(15-13-24)36-19-22-7-5-6-20(2)18-22/h5-15,18,27,32H,4,16-17,19H2,1-3H3/b28-26-. The number of hydrogen-bond acceptors (Lipinski definition) is 5. The molecule has 1 fully saturated rings. The molecule has 36 heavy (non-hydrogen) atoms. The van der Waals surface area contributed by atoms with E-state index in [2.05, 4.69) is 13.0 Å². The number of hydrogen-bond donors (Lipinski definition) is 1. The van der Waals surface area contributed by atoms with Crippen molar-refractivity contribution in [3.05, 3.63) is 106 Å². The highest BCUT2D eigenvalue weighted by atomic mass is 16.5. The minimum atomic E-state index is -0.701. The second-order valence-corrected chi connectivity index (χ2v) is 8.88. The van der Waals surface area contributed by atoms with E-state index in [9.17, 15) is 14.7 Å². The maximum atomic E-state index is 13.1. The third-order valence-electron chi connectivity index (χ3n) is 6.40. The molecule has 0 aromatic heterocycles. The fourth-order valence-corrected chi connectivity index (χ4v) is 4.42. The number of nitrogens with zero attached hydrogens (tertiary/aromatic N) is 1. The summed E-state index contributed by atoms with van der Waals surface area (Å²) in [5.74, 6) is -0.910. The third kappa shape index (κ3) is 5.34. The second-order valence-electron chi connectivity index (χ2n) is 8.88. The van der Waals surface area contributed by atoms with Gasteiger partial charge in [-0.3, -0.25) is 9.59 Å². The summed E-state index contributed by atoms with van der Waals surface area (Å²) in [7, 11) is 1.55. The maximum absolute atomic E-state index is 13.1. The highest BCUT2D eigenvalue weighted by Crippen LogP contribution is 2.39. The molecule has 186 valence electrons. The van der Waals surface area contributed by atoms with E-state index in [4.69, 9.17) is 9.47 Å². The summed E-state index contributed by atoms with van der Waals surface area (Å²) in [5.41, 5.74) is 4.66. The molecule has 0 aliphatic carbocycles. The Morgan fingerprint density at radius 1 is 0.972 bits per heavy atom. The molecule has 6 nitrogen and oxygen atoms in total. The van der Waals surface area contributed by atoms with Crippen LogP contribution in [0.5, 0.6) is 5.75 Å². The van der Waals surface area contributed by atoms with E-state index in [1.54, 1.807) is 31.4 Å². The molecule has 1 heterocycles. The van der Waals surface area contributed by atoms with E-state index in [0.29, 0.717) is 17.9 Å². The van der Waals surface area contributed by atoms with Crippen LogP contribution in [-0.2, 0) is 27.4 Å². The fourth-order valence-electron chi connectivity index (χ4n) is 4.42. The molecule has 3 aromatic rings. The van der Waals surface area contributed by atoms with Crippen LogP contribution in [0.15, 0.2) is 78.4 Å². The number of rotatable bonds is 9. The Hall–Kier alpha value is -3.90. The van der Waals surface area contributed by atoms with Gasteiger partial charge in [-0.1, -0.05) is 61.0 Å². The highest BCUT2D eigenvalue weighted by Gasteiger charge is 2.45. The van der Waals surface area contributed by atoms with Gasteiger partial charge >= 0.3 is 0 Å². The van der Waals surface area contributed by atoms with Crippen LogP contribution in [0.25, 0.3) is 5.76 Å². The molecule has 0 radical (unpaired) electrons. The topological polar surface area (TPSA) is 76.1 Å². The van der Waals surface area contributed by atoms with Crippen LogP contribution < -0.4 is 4.74 Å². The number of aliphatic hydroxyl groups is 1. The average Bonchev–Trinajstić information content (AvgIpc) is 3.15. The lowest BCUT2D eigenvalue weighted by Gasteiger charge is -2.25. The van der Waals surface area contributed by atoms with Crippen molar-refractivity contribution in [2.45, 2.75) is 32.9 Å². The zero-order valence-electron chi connectivity index (χ0n) is 20.9. The second kappa shape index (κ2) is 11.2. The SMILES string of the molecule is CCc1ccc(C2/C(=C(/O)c3ccc(OCc4cccc(C)c4)cc3)C(=O)C(=O)N2CCOC)cc1. The first-order valence-corrected chi connectivity index (χ1v) is 12.1. The number of likely N-dealkylation sites (tertiary alicyclic amines) is 1. The monoisotopic (exact) mass is 485 g/mol. The summed E-state index contributed by atoms with van der Waals surface area (Å²) in [6, 6.07) is 22.1. The lowest BCUT2D eigenvalue weighted by Crippen LogP contribution is -2.32. The van der Waals surface area contributed by atoms with Crippen molar-refractivity contribution in [2.75, 3.05) is 20.3 Å². The van der Waals surface area contributed by atoms with Gasteiger partial charge < -0.3 is 19.5 Å². The smallest absolute Gasteiger partial charge is 0.295 e. The van der Waals surface area contributed by atoms with Gasteiger partial charge in [-0.05, 0) is 54.3 Å². The largest absolute Gasteiger partial charge is 0.507 e. The van der Waals surface area contributed by atoms with E-state index in [-0.39, 0.29) is 24.5 Å². The zero-order chi connectivity index (χ0) is 25.7. The Kier molecular flexibility index (Phi) is 7.86. The number of carbonyl (C=O) groups is 2. The normalized spacial score (nSPS) is 17.0. The molecule has 6 heteroatoms. The van der Waals surface area contributed by atoms with Crippen LogP contribution >= 0.6 is 0 Å². The first-order chi connectivity index (χ1) is 17.4. The van der Waals surface area contributed by atoms with Crippen molar-refractivity contribution in [1.29, 1.82) is 0 Å². The van der Waals surface area contributed by atoms with Crippen molar-refractivity contribution in [1.82, 2.24) is 4.90 Å². The molecule has 0 bridgehead atoms. The Bertz CT molecular complexity index is 1260. The Morgan fingerprint density at radius 3 is 2.33 bits per heavy atom. The third-order valence-corrected chi connectivity index (χ3v) is 6.40. The molecule has 3 aromatic carbocycles. The van der Waals surface area contributed by atoms with Gasteiger partial charge in [0.1, 0.15) is 18.1 Å². The van der Waals surface area contributed by atoms with Gasteiger partial charge in [0.2, 0.25) is 0 Å². The molecule has 1 amide bonds. The number of amides is 1. The number of Topliss-reactive ketones (excluding diaryl/α,β-unsaturated/α-hetero) is 1. The van der Waals surface area contributed by atoms with Gasteiger partial charge in [0.15, 0.2) is 0 Å². The summed E-state index contributed by atoms with van der Waals surface area (Å²) in [5, 5.41) is 11.2. The highest BCUT2D eigenvalue weighted by molar-refractivity contribution is 6.46. The Morgan fingerprint density at radius 2 is 1.69 bits per heavy atom. The molecular formula is C30H31NO5. The van der Waals surface area contributed by atoms with Crippen LogP contribution in [0.4, 0.5) is 0 Å². The van der Waals surface area contributed by atoms with Crippen LogP contribution in [0.3, 0.4) is 0 Å². The number of aliphatic hydroxyl groups excluding tert-OH is 1. The molecular weight excluding hydrogens is 454 g/mol. The molecule has 1 aliphatic rings. The van der Waals surface area contributed by atoms with E-state index >= 15 is 0 Å². The minimum absolute atomic E-state index is 0.0776. The Labute approximate surface area is 211 Å². The van der Waals surface area contributed by atoms with Crippen LogP contribution in [0, 0.1) is 6.92 Å². The fraction of sp³-hybridized carbons (Fsp3) is 0.267. The predicted octanol–water partition coefficient (Wildman–Crippen LogP) is 5.20. The maximum Gasteiger partial charge on any atom is 0.295 e. The summed E-state index contributed by atoms with van der Waals surface area (Å²) < 4.78 is 11.0. The van der Waals surface area contributed by atoms with Gasteiger partial charge in [-0.25, -0.2) is 0 Å². The van der Waals surface area contributed by atoms with Gasteiger partial charge in [0.05, 0.1) is 18.2 Å². The quantitative estimate of drug-likeness (QED) is 0.256. The van der Waals surface area contributed by atoms with Crippen LogP contribution in [0.2, 0.25) is 0 Å². The molecule has 0 saturated carbocycles. The number of ether oxygens (including phenoxy) is 2. The number of benzene rings is 3. The summed E-state index contributed by atoms with van der Waals surface area (Å²) in [6.45, 7) is 5.04. The van der Waals surface area contributed by atoms with Crippen molar-refractivity contribution in [2.24, 2.45) is 0 Å². The minimum Gasteiger partial charge on any atom is -0.507 e. The van der Waals surface area contributed by atoms with Gasteiger partial charge in [-0.15, -0.1) is 0 Å². The van der Waals surface area contributed by atoms with E-state index < -0.39 is 17.7 Å².